The van der Waals surface area contributed by atoms with Crippen LogP contribution in [0.4, 0.5) is 0 Å². The number of aliphatic hydroxyl groups is 2. The Morgan fingerprint density at radius 2 is 1.68 bits per heavy atom. The van der Waals surface area contributed by atoms with Crippen molar-refractivity contribution in [3.63, 3.8) is 0 Å². The molecule has 28 heavy (non-hydrogen) atoms. The fourth-order valence-corrected chi connectivity index (χ4v) is 5.81. The summed E-state index contributed by atoms with van der Waals surface area (Å²) in [6.45, 7) is 2.09. The maximum atomic E-state index is 11.1. The van der Waals surface area contributed by atoms with Crippen LogP contribution in [0.3, 0.4) is 0 Å². The number of benzene rings is 2. The minimum absolute atomic E-state index is 0.0287. The van der Waals surface area contributed by atoms with Gasteiger partial charge in [0.1, 0.15) is 11.5 Å². The van der Waals surface area contributed by atoms with Gasteiger partial charge in [-0.3, -0.25) is 0 Å². The van der Waals surface area contributed by atoms with Gasteiger partial charge in [-0.1, -0.05) is 30.7 Å². The summed E-state index contributed by atoms with van der Waals surface area (Å²) in [5, 5.41) is 22.9. The second-order valence-electron chi connectivity index (χ2n) is 8.23. The zero-order chi connectivity index (χ0) is 19.4. The molecule has 2 N–H and O–H groups in total. The number of ether oxygens (including phenoxy) is 2. The van der Waals surface area contributed by atoms with Gasteiger partial charge >= 0.3 is 0 Å². The largest absolute Gasteiger partial charge is 0.457 e. The van der Waals surface area contributed by atoms with Gasteiger partial charge in [0.25, 0.3) is 0 Å². The second-order valence-corrected chi connectivity index (χ2v) is 8.66. The van der Waals surface area contributed by atoms with Crippen molar-refractivity contribution in [1.29, 1.82) is 0 Å². The molecule has 2 bridgehead atoms. The molecule has 1 aliphatic carbocycles. The average molecular weight is 401 g/mol. The summed E-state index contributed by atoms with van der Waals surface area (Å²) >= 11 is 6.06. The van der Waals surface area contributed by atoms with Crippen LogP contribution in [0, 0.1) is 11.8 Å². The van der Waals surface area contributed by atoms with Crippen LogP contribution in [0.2, 0.25) is 5.02 Å². The van der Waals surface area contributed by atoms with Crippen molar-refractivity contribution in [3.05, 3.63) is 58.6 Å². The molecule has 2 aromatic rings. The third kappa shape index (κ3) is 2.86. The number of rotatable bonds is 4. The molecule has 2 aromatic carbocycles. The molecule has 0 radical (unpaired) electrons. The van der Waals surface area contributed by atoms with E-state index in [1.54, 1.807) is 12.1 Å². The van der Waals surface area contributed by atoms with Gasteiger partial charge in [0, 0.05) is 22.8 Å². The van der Waals surface area contributed by atoms with Crippen LogP contribution in [0.1, 0.15) is 36.8 Å². The molecule has 5 heteroatoms. The molecule has 148 valence electrons. The number of hydrogen-bond acceptors (Lipinski definition) is 4. The van der Waals surface area contributed by atoms with Crippen molar-refractivity contribution >= 4 is 11.6 Å². The number of hydrogen-bond donors (Lipinski definition) is 2. The van der Waals surface area contributed by atoms with Crippen molar-refractivity contribution < 1.29 is 19.7 Å². The Labute approximate surface area is 170 Å². The van der Waals surface area contributed by atoms with E-state index in [0.29, 0.717) is 16.5 Å². The van der Waals surface area contributed by atoms with Gasteiger partial charge in [-0.2, -0.15) is 0 Å². The Balaban J connectivity index is 1.48. The number of halogens is 1. The lowest BCUT2D eigenvalue weighted by Gasteiger charge is -2.25. The first kappa shape index (κ1) is 18.4. The fraction of sp³-hybridized carbons (Fsp3) is 0.478. The third-order valence-electron chi connectivity index (χ3n) is 6.80. The Bertz CT molecular complexity index is 863. The molecule has 6 unspecified atom stereocenters. The van der Waals surface area contributed by atoms with Crippen LogP contribution in [-0.4, -0.2) is 34.6 Å². The molecular weight excluding hydrogens is 376 g/mol. The number of aliphatic hydroxyl groups excluding tert-OH is 2. The molecular formula is C23H25ClO4. The van der Waals surface area contributed by atoms with E-state index in [1.165, 1.54) is 0 Å². The van der Waals surface area contributed by atoms with Crippen LogP contribution in [0.15, 0.2) is 42.5 Å². The summed E-state index contributed by atoms with van der Waals surface area (Å²) in [5.74, 6) is 1.10. The van der Waals surface area contributed by atoms with Crippen molar-refractivity contribution in [2.45, 2.75) is 56.5 Å². The van der Waals surface area contributed by atoms with E-state index in [0.717, 1.165) is 30.4 Å². The average Bonchev–Trinajstić information content (AvgIpc) is 3.36. The smallest absolute Gasteiger partial charge is 0.128 e. The standard InChI is InChI=1S/C23H25ClO4/c1-2-12-6-7-15(27-14-5-3-4-13(24)10-14)11-16(12)19-22(25)20-17-8-9-18(28-17)21(20)23(19)26/h3-7,10-11,17-23,25-26H,2,8-9H2,1H3. The minimum Gasteiger partial charge on any atom is -0.457 e. The second kappa shape index (κ2) is 7.03. The quantitative estimate of drug-likeness (QED) is 0.803. The monoisotopic (exact) mass is 400 g/mol. The highest BCUT2D eigenvalue weighted by Gasteiger charge is 2.62. The van der Waals surface area contributed by atoms with E-state index in [9.17, 15) is 10.2 Å². The lowest BCUT2D eigenvalue weighted by molar-refractivity contribution is 0.0123. The summed E-state index contributed by atoms with van der Waals surface area (Å²) in [7, 11) is 0. The molecule has 3 aliphatic rings. The van der Waals surface area contributed by atoms with Crippen LogP contribution in [0.25, 0.3) is 0 Å². The first-order chi connectivity index (χ1) is 13.6. The Morgan fingerprint density at radius 1 is 1.00 bits per heavy atom. The van der Waals surface area contributed by atoms with Gasteiger partial charge < -0.3 is 19.7 Å². The molecule has 6 atom stereocenters. The Morgan fingerprint density at radius 3 is 2.32 bits per heavy atom. The van der Waals surface area contributed by atoms with Gasteiger partial charge in [0.15, 0.2) is 0 Å². The fourth-order valence-electron chi connectivity index (χ4n) is 5.63. The summed E-state index contributed by atoms with van der Waals surface area (Å²) in [4.78, 5) is 0. The summed E-state index contributed by atoms with van der Waals surface area (Å²) in [6, 6.07) is 13.2. The molecule has 0 aromatic heterocycles. The minimum atomic E-state index is -0.595. The van der Waals surface area contributed by atoms with E-state index in [1.807, 2.05) is 30.3 Å². The Hall–Kier alpha value is -1.59. The summed E-state index contributed by atoms with van der Waals surface area (Å²) < 4.78 is 12.0. The van der Waals surface area contributed by atoms with Gasteiger partial charge in [0.05, 0.1) is 24.4 Å². The van der Waals surface area contributed by atoms with E-state index in [2.05, 4.69) is 6.92 Å². The van der Waals surface area contributed by atoms with Gasteiger partial charge in [-0.05, 0) is 60.7 Å². The number of aryl methyl sites for hydroxylation is 1. The van der Waals surface area contributed by atoms with Crippen molar-refractivity contribution in [2.75, 3.05) is 0 Å². The Kier molecular flexibility index (Phi) is 4.63. The van der Waals surface area contributed by atoms with Crippen molar-refractivity contribution in [3.8, 4) is 11.5 Å². The first-order valence-corrected chi connectivity index (χ1v) is 10.5. The normalized spacial score (nSPS) is 35.9. The van der Waals surface area contributed by atoms with E-state index < -0.39 is 12.2 Å². The molecule has 4 nitrogen and oxygen atoms in total. The highest BCUT2D eigenvalue weighted by Crippen LogP contribution is 2.56. The van der Waals surface area contributed by atoms with Crippen LogP contribution in [-0.2, 0) is 11.2 Å². The lowest BCUT2D eigenvalue weighted by atomic mass is 9.80. The predicted molar refractivity (Wildman–Crippen MR) is 107 cm³/mol. The van der Waals surface area contributed by atoms with Gasteiger partial charge in [-0.15, -0.1) is 0 Å². The van der Waals surface area contributed by atoms with Crippen molar-refractivity contribution in [1.82, 2.24) is 0 Å². The summed E-state index contributed by atoms with van der Waals surface area (Å²) in [5.41, 5.74) is 2.12. The highest BCUT2D eigenvalue weighted by molar-refractivity contribution is 6.30. The van der Waals surface area contributed by atoms with Gasteiger partial charge in [-0.25, -0.2) is 0 Å². The van der Waals surface area contributed by atoms with E-state index in [-0.39, 0.29) is 30.0 Å². The molecule has 2 heterocycles. The topological polar surface area (TPSA) is 58.9 Å². The SMILES string of the molecule is CCc1ccc(Oc2cccc(Cl)c2)cc1C1C(O)C2C3CCC(O3)C2C1O. The molecule has 1 saturated carbocycles. The number of fused-ring (bicyclic) bond motifs is 5. The summed E-state index contributed by atoms with van der Waals surface area (Å²) in [6.07, 6.45) is 1.79. The van der Waals surface area contributed by atoms with E-state index in [4.69, 9.17) is 21.1 Å². The molecule has 2 saturated heterocycles. The lowest BCUT2D eigenvalue weighted by Crippen LogP contribution is -2.32. The molecule has 5 rings (SSSR count). The zero-order valence-electron chi connectivity index (χ0n) is 15.8. The predicted octanol–water partition coefficient (Wildman–Crippen LogP) is 4.31. The van der Waals surface area contributed by atoms with Crippen LogP contribution >= 0.6 is 11.6 Å². The molecule has 2 aliphatic heterocycles. The van der Waals surface area contributed by atoms with Crippen LogP contribution < -0.4 is 4.74 Å². The first-order valence-electron chi connectivity index (χ1n) is 10.1. The van der Waals surface area contributed by atoms with Crippen LogP contribution in [0.5, 0.6) is 11.5 Å². The zero-order valence-corrected chi connectivity index (χ0v) is 16.5. The molecule has 0 amide bonds. The maximum absolute atomic E-state index is 11.1. The van der Waals surface area contributed by atoms with E-state index >= 15 is 0 Å². The highest BCUT2D eigenvalue weighted by atomic mass is 35.5. The van der Waals surface area contributed by atoms with Gasteiger partial charge in [0.2, 0.25) is 0 Å². The van der Waals surface area contributed by atoms with Crippen molar-refractivity contribution in [2.24, 2.45) is 11.8 Å². The maximum Gasteiger partial charge on any atom is 0.128 e. The molecule has 0 spiro atoms. The third-order valence-corrected chi connectivity index (χ3v) is 7.04. The molecule has 3 fully saturated rings.